The summed E-state index contributed by atoms with van der Waals surface area (Å²) in [5, 5.41) is 19.2. The van der Waals surface area contributed by atoms with Crippen LogP contribution in [0.25, 0.3) is 22.2 Å². The number of phenols is 1. The number of rotatable bonds is 6. The molecule has 2 aromatic heterocycles. The molecule has 4 N–H and O–H groups in total. The smallest absolute Gasteiger partial charge is 0.263 e. The first-order chi connectivity index (χ1) is 20.8. The van der Waals surface area contributed by atoms with Crippen LogP contribution in [-0.4, -0.2) is 75.6 Å². The first kappa shape index (κ1) is 27.3. The van der Waals surface area contributed by atoms with Crippen LogP contribution in [0.2, 0.25) is 0 Å². The van der Waals surface area contributed by atoms with Gasteiger partial charge in [0.15, 0.2) is 17.8 Å². The van der Waals surface area contributed by atoms with Crippen molar-refractivity contribution in [3.63, 3.8) is 0 Å². The summed E-state index contributed by atoms with van der Waals surface area (Å²) in [6.07, 6.45) is 3.32. The van der Waals surface area contributed by atoms with E-state index in [1.165, 1.54) is 10.6 Å². The summed E-state index contributed by atoms with van der Waals surface area (Å²) in [5.74, 6) is 0.392. The number of benzene rings is 1. The normalized spacial score (nSPS) is 19.3. The summed E-state index contributed by atoms with van der Waals surface area (Å²) in [5.41, 5.74) is 0.746. The van der Waals surface area contributed by atoms with Gasteiger partial charge in [-0.15, -0.1) is 0 Å². The molecule has 1 fully saturated rings. The van der Waals surface area contributed by atoms with Gasteiger partial charge in [-0.1, -0.05) is 11.6 Å². The molecule has 0 spiro atoms. The van der Waals surface area contributed by atoms with E-state index >= 15 is 0 Å². The molecule has 4 aliphatic heterocycles. The molecule has 1 atom stereocenters. The van der Waals surface area contributed by atoms with Crippen molar-refractivity contribution in [3.05, 3.63) is 56.6 Å². The molecule has 0 saturated carbocycles. The average Bonchev–Trinajstić information content (AvgIpc) is 3.76. The standard InChI is InChI=1S/C28H27ClFN7O6/c29-22-17(9-19(33-26(22)30)35-6-3-31-4-7-35)32-20(39)11-36-10-16(21-27(36)34-18-2-1-5-37(18)28(21)41)15-8-14(12-38)23(40)25-24(15)42-13-43-25/h8-10,12,26,31,33,40H,1-7,11,13H2,(H,32,39). The van der Waals surface area contributed by atoms with Crippen LogP contribution in [0, 0.1) is 0 Å². The van der Waals surface area contributed by atoms with Crippen LogP contribution in [0.15, 0.2) is 39.7 Å². The number of halogens is 2. The number of aldehydes is 1. The van der Waals surface area contributed by atoms with E-state index in [0.29, 0.717) is 55.1 Å². The van der Waals surface area contributed by atoms with Gasteiger partial charge in [-0.05, 0) is 12.5 Å². The Morgan fingerprint density at radius 3 is 2.81 bits per heavy atom. The Morgan fingerprint density at radius 2 is 2.02 bits per heavy atom. The molecule has 4 aliphatic rings. The van der Waals surface area contributed by atoms with E-state index in [1.807, 2.05) is 4.90 Å². The van der Waals surface area contributed by atoms with Gasteiger partial charge in [0.05, 0.1) is 21.7 Å². The number of hydrogen-bond acceptors (Lipinski definition) is 10. The van der Waals surface area contributed by atoms with Gasteiger partial charge >= 0.3 is 0 Å². The lowest BCUT2D eigenvalue weighted by molar-refractivity contribution is -0.120. The number of aromatic nitrogens is 3. The van der Waals surface area contributed by atoms with Crippen LogP contribution >= 0.6 is 11.6 Å². The molecule has 3 aromatic rings. The Morgan fingerprint density at radius 1 is 1.23 bits per heavy atom. The third-order valence-electron chi connectivity index (χ3n) is 7.98. The Hall–Kier alpha value is -4.56. The van der Waals surface area contributed by atoms with Crippen molar-refractivity contribution >= 4 is 34.8 Å². The molecular weight excluding hydrogens is 585 g/mol. The fourth-order valence-electron chi connectivity index (χ4n) is 5.92. The maximum atomic E-state index is 14.8. The van der Waals surface area contributed by atoms with Crippen LogP contribution in [0.3, 0.4) is 0 Å². The van der Waals surface area contributed by atoms with Crippen LogP contribution in [0.4, 0.5) is 4.39 Å². The number of fused-ring (bicyclic) bond motifs is 3. The molecular formula is C28H27ClFN7O6. The Kier molecular flexibility index (Phi) is 6.73. The van der Waals surface area contributed by atoms with E-state index in [1.54, 1.807) is 16.8 Å². The number of piperazine rings is 1. The third-order valence-corrected chi connectivity index (χ3v) is 8.38. The lowest BCUT2D eigenvalue weighted by atomic mass is 10.0. The molecule has 15 heteroatoms. The minimum Gasteiger partial charge on any atom is -0.504 e. The van der Waals surface area contributed by atoms with Gasteiger partial charge in [0.1, 0.15) is 23.8 Å². The highest BCUT2D eigenvalue weighted by atomic mass is 35.5. The quantitative estimate of drug-likeness (QED) is 0.237. The molecule has 0 aliphatic carbocycles. The zero-order valence-electron chi connectivity index (χ0n) is 22.8. The van der Waals surface area contributed by atoms with E-state index in [2.05, 4.69) is 16.0 Å². The van der Waals surface area contributed by atoms with Crippen molar-refractivity contribution in [3.8, 4) is 28.4 Å². The topological polar surface area (TPSA) is 152 Å². The summed E-state index contributed by atoms with van der Waals surface area (Å²) < 4.78 is 29.0. The zero-order chi connectivity index (χ0) is 29.8. The van der Waals surface area contributed by atoms with Crippen molar-refractivity contribution in [2.75, 3.05) is 33.0 Å². The van der Waals surface area contributed by atoms with Gasteiger partial charge in [0.25, 0.3) is 5.56 Å². The number of carbonyl (C=O) groups excluding carboxylic acids is 2. The molecule has 43 heavy (non-hydrogen) atoms. The monoisotopic (exact) mass is 611 g/mol. The molecule has 1 amide bonds. The summed E-state index contributed by atoms with van der Waals surface area (Å²) in [6, 6.07) is 1.41. The number of aryl methyl sites for hydroxylation is 1. The predicted molar refractivity (Wildman–Crippen MR) is 153 cm³/mol. The SMILES string of the molecule is O=Cc1cc(-c2cn(CC(=O)NC3=C(Cl)C(F)NC(N4CCNCC4)=C3)c3nc4n(c(=O)c23)CCC4)c2c(c1O)OCO2. The number of ether oxygens (including phenoxy) is 2. The first-order valence-electron chi connectivity index (χ1n) is 13.8. The minimum absolute atomic E-state index is 0.00666. The first-order valence-corrected chi connectivity index (χ1v) is 14.2. The molecule has 13 nitrogen and oxygen atoms in total. The molecule has 0 bridgehead atoms. The summed E-state index contributed by atoms with van der Waals surface area (Å²) in [7, 11) is 0. The van der Waals surface area contributed by atoms with Gasteiger partial charge < -0.3 is 40.0 Å². The lowest BCUT2D eigenvalue weighted by Gasteiger charge is -2.34. The Bertz CT molecular complexity index is 1810. The second-order valence-corrected chi connectivity index (χ2v) is 11.0. The molecule has 1 unspecified atom stereocenters. The largest absolute Gasteiger partial charge is 0.504 e. The van der Waals surface area contributed by atoms with Crippen molar-refractivity contribution in [1.82, 2.24) is 35.0 Å². The van der Waals surface area contributed by atoms with E-state index < -0.39 is 12.2 Å². The molecule has 224 valence electrons. The van der Waals surface area contributed by atoms with Crippen molar-refractivity contribution in [2.45, 2.75) is 32.2 Å². The van der Waals surface area contributed by atoms with Gasteiger partial charge in [0, 0.05) is 62.5 Å². The number of nitrogens with one attached hydrogen (secondary N) is 3. The van der Waals surface area contributed by atoms with Crippen LogP contribution in [0.5, 0.6) is 17.2 Å². The number of carbonyl (C=O) groups is 2. The fourth-order valence-corrected chi connectivity index (χ4v) is 6.08. The Balaban J connectivity index is 1.28. The van der Waals surface area contributed by atoms with E-state index in [-0.39, 0.29) is 63.5 Å². The third kappa shape index (κ3) is 4.57. The summed E-state index contributed by atoms with van der Waals surface area (Å²) in [6.45, 7) is 2.84. The molecule has 6 heterocycles. The van der Waals surface area contributed by atoms with Gasteiger partial charge in [-0.3, -0.25) is 19.0 Å². The number of hydrogen-bond donors (Lipinski definition) is 4. The molecule has 7 rings (SSSR count). The Labute approximate surface area is 248 Å². The number of amides is 1. The van der Waals surface area contributed by atoms with Gasteiger partial charge in [-0.2, -0.15) is 0 Å². The molecule has 1 saturated heterocycles. The van der Waals surface area contributed by atoms with Crippen LogP contribution in [0.1, 0.15) is 22.6 Å². The zero-order valence-corrected chi connectivity index (χ0v) is 23.5. The maximum Gasteiger partial charge on any atom is 0.263 e. The van der Waals surface area contributed by atoms with Crippen molar-refractivity contribution < 1.29 is 28.6 Å². The highest BCUT2D eigenvalue weighted by Crippen LogP contribution is 2.49. The average molecular weight is 612 g/mol. The predicted octanol–water partition coefficient (Wildman–Crippen LogP) is 1.27. The van der Waals surface area contributed by atoms with Crippen LogP contribution < -0.4 is 31.0 Å². The van der Waals surface area contributed by atoms with Gasteiger partial charge in [0.2, 0.25) is 24.7 Å². The van der Waals surface area contributed by atoms with Crippen molar-refractivity contribution in [2.24, 2.45) is 0 Å². The number of nitrogens with zero attached hydrogens (tertiary/aromatic N) is 4. The molecule has 1 aromatic carbocycles. The van der Waals surface area contributed by atoms with Crippen LogP contribution in [-0.2, 0) is 24.3 Å². The van der Waals surface area contributed by atoms with E-state index in [0.717, 1.165) is 19.5 Å². The molecule has 0 radical (unpaired) electrons. The number of alkyl halides is 1. The fraction of sp³-hybridized carbons (Fsp3) is 0.357. The minimum atomic E-state index is -1.69. The number of allylic oxidation sites excluding steroid dienone is 1. The second kappa shape index (κ2) is 10.6. The lowest BCUT2D eigenvalue weighted by Crippen LogP contribution is -2.48. The number of aromatic hydroxyl groups is 1. The van der Waals surface area contributed by atoms with E-state index in [9.17, 15) is 23.9 Å². The maximum absolute atomic E-state index is 14.8. The number of dihydropyridines is 1. The highest BCUT2D eigenvalue weighted by Gasteiger charge is 2.31. The van der Waals surface area contributed by atoms with E-state index in [4.69, 9.17) is 26.1 Å². The summed E-state index contributed by atoms with van der Waals surface area (Å²) in [4.78, 5) is 45.6. The second-order valence-electron chi connectivity index (χ2n) is 10.6. The number of phenolic OH excluding ortho intramolecular Hbond substituents is 1. The highest BCUT2D eigenvalue weighted by molar-refractivity contribution is 6.30. The van der Waals surface area contributed by atoms with Crippen molar-refractivity contribution in [1.29, 1.82) is 0 Å². The van der Waals surface area contributed by atoms with Gasteiger partial charge in [-0.25, -0.2) is 9.37 Å². The summed E-state index contributed by atoms with van der Waals surface area (Å²) >= 11 is 6.26.